The first kappa shape index (κ1) is 17.8. The van der Waals surface area contributed by atoms with Crippen molar-refractivity contribution in [1.29, 1.82) is 0 Å². The van der Waals surface area contributed by atoms with Crippen molar-refractivity contribution >= 4 is 34.8 Å². The number of ether oxygens (including phenoxy) is 1. The van der Waals surface area contributed by atoms with E-state index in [9.17, 15) is 4.79 Å². The van der Waals surface area contributed by atoms with Crippen molar-refractivity contribution in [3.8, 4) is 17.2 Å². The molecule has 138 valence electrons. The molecule has 1 amide bonds. The summed E-state index contributed by atoms with van der Waals surface area (Å²) in [4.78, 5) is 11.8. The monoisotopic (exact) mass is 403 g/mol. The largest absolute Gasteiger partial charge is 0.484 e. The lowest BCUT2D eigenvalue weighted by molar-refractivity contribution is -0.117. The van der Waals surface area contributed by atoms with Crippen LogP contribution in [0.3, 0.4) is 0 Å². The van der Waals surface area contributed by atoms with E-state index in [4.69, 9.17) is 32.4 Å². The number of nitrogens with one attached hydrogen (secondary N) is 1. The maximum absolute atomic E-state index is 11.8. The lowest BCUT2D eigenvalue weighted by Crippen LogP contribution is -2.13. The fraction of sp³-hybridized carbons (Fsp3) is 0.211. The molecule has 0 atom stereocenters. The van der Waals surface area contributed by atoms with Gasteiger partial charge >= 0.3 is 0 Å². The second kappa shape index (κ2) is 7.58. The third-order valence-corrected chi connectivity index (χ3v) is 4.59. The van der Waals surface area contributed by atoms with E-state index in [2.05, 4.69) is 15.5 Å². The third-order valence-electron chi connectivity index (χ3n) is 4.04. The van der Waals surface area contributed by atoms with Crippen LogP contribution in [-0.4, -0.2) is 16.1 Å². The second-order valence-electron chi connectivity index (χ2n) is 6.21. The Balaban J connectivity index is 1.40. The lowest BCUT2D eigenvalue weighted by Gasteiger charge is -2.07. The molecule has 0 aliphatic heterocycles. The van der Waals surface area contributed by atoms with E-state index in [1.165, 1.54) is 0 Å². The highest BCUT2D eigenvalue weighted by Gasteiger charge is 2.29. The van der Waals surface area contributed by atoms with Gasteiger partial charge in [-0.2, -0.15) is 0 Å². The zero-order valence-corrected chi connectivity index (χ0v) is 15.6. The molecule has 1 aromatic heterocycles. The molecule has 0 radical (unpaired) electrons. The van der Waals surface area contributed by atoms with Crippen LogP contribution in [0.4, 0.5) is 5.69 Å². The van der Waals surface area contributed by atoms with Gasteiger partial charge in [0.1, 0.15) is 5.75 Å². The van der Waals surface area contributed by atoms with E-state index < -0.39 is 0 Å². The van der Waals surface area contributed by atoms with Gasteiger partial charge in [-0.25, -0.2) is 0 Å². The van der Waals surface area contributed by atoms with Crippen LogP contribution >= 0.6 is 23.2 Å². The standard InChI is InChI=1S/C19H15Cl2N3O3/c20-12-6-7-15(16(21)8-12)19-24-23-17(27-19)10-26-14-3-1-2-13(9-14)22-18(25)11-4-5-11/h1-3,6-9,11H,4-5,10H2,(H,22,25). The van der Waals surface area contributed by atoms with Gasteiger partial charge < -0.3 is 14.5 Å². The summed E-state index contributed by atoms with van der Waals surface area (Å²) in [6, 6.07) is 12.2. The summed E-state index contributed by atoms with van der Waals surface area (Å²) >= 11 is 12.0. The summed E-state index contributed by atoms with van der Waals surface area (Å²) in [6.45, 7) is 0.0955. The molecule has 0 bridgehead atoms. The maximum atomic E-state index is 11.8. The third kappa shape index (κ3) is 4.40. The molecule has 6 nitrogen and oxygen atoms in total. The first-order valence-electron chi connectivity index (χ1n) is 8.40. The molecule has 1 N–H and O–H groups in total. The number of amides is 1. The first-order valence-corrected chi connectivity index (χ1v) is 9.15. The van der Waals surface area contributed by atoms with Crippen LogP contribution in [0.5, 0.6) is 5.75 Å². The predicted octanol–water partition coefficient (Wildman–Crippen LogP) is 4.97. The molecule has 4 rings (SSSR count). The summed E-state index contributed by atoms with van der Waals surface area (Å²) in [5, 5.41) is 11.8. The molecule has 2 aromatic carbocycles. The highest BCUT2D eigenvalue weighted by atomic mass is 35.5. The van der Waals surface area contributed by atoms with Gasteiger partial charge in [0.15, 0.2) is 6.61 Å². The van der Waals surface area contributed by atoms with Crippen molar-refractivity contribution < 1.29 is 13.9 Å². The smallest absolute Gasteiger partial charge is 0.254 e. The lowest BCUT2D eigenvalue weighted by atomic mass is 10.2. The van der Waals surface area contributed by atoms with Crippen molar-refractivity contribution in [2.45, 2.75) is 19.4 Å². The Kier molecular flexibility index (Phi) is 5.01. The topological polar surface area (TPSA) is 77.2 Å². The molecule has 1 heterocycles. The highest BCUT2D eigenvalue weighted by molar-refractivity contribution is 6.36. The number of carbonyl (C=O) groups is 1. The number of hydrogen-bond acceptors (Lipinski definition) is 5. The van der Waals surface area contributed by atoms with Gasteiger partial charge in [-0.3, -0.25) is 4.79 Å². The molecule has 1 fully saturated rings. The normalized spacial score (nSPS) is 13.4. The Morgan fingerprint density at radius 2 is 2.04 bits per heavy atom. The molecule has 0 unspecified atom stereocenters. The summed E-state index contributed by atoms with van der Waals surface area (Å²) in [5.74, 6) is 1.39. The molecular weight excluding hydrogens is 389 g/mol. The summed E-state index contributed by atoms with van der Waals surface area (Å²) in [7, 11) is 0. The van der Waals surface area contributed by atoms with Crippen molar-refractivity contribution in [3.05, 3.63) is 58.4 Å². The molecular formula is C19H15Cl2N3O3. The van der Waals surface area contributed by atoms with Crippen LogP contribution in [0.2, 0.25) is 10.0 Å². The Morgan fingerprint density at radius 1 is 1.19 bits per heavy atom. The quantitative estimate of drug-likeness (QED) is 0.628. The Morgan fingerprint density at radius 3 is 2.81 bits per heavy atom. The molecule has 1 aliphatic rings. The second-order valence-corrected chi connectivity index (χ2v) is 7.05. The van der Waals surface area contributed by atoms with Crippen molar-refractivity contribution in [3.63, 3.8) is 0 Å². The minimum atomic E-state index is 0.0496. The molecule has 0 spiro atoms. The molecule has 1 aliphatic carbocycles. The molecule has 3 aromatic rings. The van der Waals surface area contributed by atoms with Crippen molar-refractivity contribution in [1.82, 2.24) is 10.2 Å². The number of carbonyl (C=O) groups excluding carboxylic acids is 1. The van der Waals surface area contributed by atoms with E-state index in [0.29, 0.717) is 38.8 Å². The number of nitrogens with zero attached hydrogens (tertiary/aromatic N) is 2. The van der Waals surface area contributed by atoms with E-state index >= 15 is 0 Å². The van der Waals surface area contributed by atoms with Crippen LogP contribution in [0.1, 0.15) is 18.7 Å². The fourth-order valence-corrected chi connectivity index (χ4v) is 2.97. The van der Waals surface area contributed by atoms with E-state index in [-0.39, 0.29) is 18.4 Å². The minimum Gasteiger partial charge on any atom is -0.484 e. The Hall–Kier alpha value is -2.57. The van der Waals surface area contributed by atoms with E-state index in [1.54, 1.807) is 30.3 Å². The molecule has 27 heavy (non-hydrogen) atoms. The fourth-order valence-electron chi connectivity index (χ4n) is 2.48. The molecule has 1 saturated carbocycles. The van der Waals surface area contributed by atoms with Gasteiger partial charge in [-0.1, -0.05) is 29.3 Å². The van der Waals surface area contributed by atoms with Gasteiger partial charge in [-0.15, -0.1) is 10.2 Å². The van der Waals surface area contributed by atoms with Crippen LogP contribution in [0.15, 0.2) is 46.9 Å². The maximum Gasteiger partial charge on any atom is 0.254 e. The van der Waals surface area contributed by atoms with Gasteiger partial charge in [-0.05, 0) is 43.2 Å². The zero-order valence-electron chi connectivity index (χ0n) is 14.1. The van der Waals surface area contributed by atoms with E-state index in [1.807, 2.05) is 12.1 Å². The summed E-state index contributed by atoms with van der Waals surface area (Å²) < 4.78 is 11.3. The summed E-state index contributed by atoms with van der Waals surface area (Å²) in [5.41, 5.74) is 1.30. The molecule has 8 heteroatoms. The number of anilines is 1. The molecule has 0 saturated heterocycles. The number of rotatable bonds is 6. The predicted molar refractivity (Wildman–Crippen MR) is 102 cm³/mol. The van der Waals surface area contributed by atoms with Crippen molar-refractivity contribution in [2.24, 2.45) is 5.92 Å². The van der Waals surface area contributed by atoms with Gasteiger partial charge in [0.25, 0.3) is 5.89 Å². The SMILES string of the molecule is O=C(Nc1cccc(OCc2nnc(-c3ccc(Cl)cc3Cl)o2)c1)C1CC1. The van der Waals surface area contributed by atoms with Crippen molar-refractivity contribution in [2.75, 3.05) is 5.32 Å². The highest BCUT2D eigenvalue weighted by Crippen LogP contribution is 2.31. The van der Waals surface area contributed by atoms with Gasteiger partial charge in [0.2, 0.25) is 11.8 Å². The average Bonchev–Trinajstić information content (AvgIpc) is 3.40. The van der Waals surface area contributed by atoms with Crippen LogP contribution < -0.4 is 10.1 Å². The zero-order chi connectivity index (χ0) is 18.8. The van der Waals surface area contributed by atoms with Crippen LogP contribution in [0.25, 0.3) is 11.5 Å². The average molecular weight is 404 g/mol. The Labute approximate surface area is 165 Å². The van der Waals surface area contributed by atoms with Gasteiger partial charge in [0, 0.05) is 22.7 Å². The van der Waals surface area contributed by atoms with Crippen LogP contribution in [-0.2, 0) is 11.4 Å². The number of halogens is 2. The summed E-state index contributed by atoms with van der Waals surface area (Å²) in [6.07, 6.45) is 1.91. The first-order chi connectivity index (χ1) is 13.1. The number of benzene rings is 2. The van der Waals surface area contributed by atoms with Gasteiger partial charge in [0.05, 0.1) is 10.6 Å². The van der Waals surface area contributed by atoms with Crippen LogP contribution in [0, 0.1) is 5.92 Å². The number of hydrogen-bond donors (Lipinski definition) is 1. The number of aromatic nitrogens is 2. The Bertz CT molecular complexity index is 986. The van der Waals surface area contributed by atoms with E-state index in [0.717, 1.165) is 12.8 Å². The minimum absolute atomic E-state index is 0.0496.